The third-order valence-electron chi connectivity index (χ3n) is 2.28. The number of hydrogen-bond acceptors (Lipinski definition) is 4. The number of nitrogens with one attached hydrogen (secondary N) is 1. The first kappa shape index (κ1) is 11.8. The molecule has 1 atom stereocenters. The monoisotopic (exact) mass is 300 g/mol. The fourth-order valence-corrected chi connectivity index (χ4v) is 2.65. The molecule has 5 heteroatoms. The SMILES string of the molecule is CNCC(C)c1nc(-c2ccc(Br)o2)cs1. The summed E-state index contributed by atoms with van der Waals surface area (Å²) in [7, 11) is 1.95. The van der Waals surface area contributed by atoms with E-state index in [1.54, 1.807) is 11.3 Å². The minimum Gasteiger partial charge on any atom is -0.448 e. The van der Waals surface area contributed by atoms with E-state index in [-0.39, 0.29) is 0 Å². The maximum absolute atomic E-state index is 5.47. The van der Waals surface area contributed by atoms with E-state index in [0.717, 1.165) is 27.7 Å². The van der Waals surface area contributed by atoms with Crippen LogP contribution in [-0.4, -0.2) is 18.6 Å². The number of likely N-dealkylation sites (N-methyl/N-ethyl adjacent to an activating group) is 1. The van der Waals surface area contributed by atoms with Gasteiger partial charge in [-0.15, -0.1) is 11.3 Å². The number of rotatable bonds is 4. The number of thiazole rings is 1. The zero-order valence-electron chi connectivity index (χ0n) is 9.16. The summed E-state index contributed by atoms with van der Waals surface area (Å²) in [5.74, 6) is 1.24. The lowest BCUT2D eigenvalue weighted by atomic mass is 10.2. The molecule has 0 saturated carbocycles. The highest BCUT2D eigenvalue weighted by molar-refractivity contribution is 9.10. The molecule has 0 bridgehead atoms. The van der Waals surface area contributed by atoms with Crippen molar-refractivity contribution in [2.24, 2.45) is 0 Å². The molecule has 1 unspecified atom stereocenters. The molecule has 2 aromatic heterocycles. The van der Waals surface area contributed by atoms with Gasteiger partial charge < -0.3 is 9.73 Å². The number of halogens is 1. The van der Waals surface area contributed by atoms with E-state index in [2.05, 4.69) is 33.2 Å². The largest absolute Gasteiger partial charge is 0.448 e. The molecule has 86 valence electrons. The highest BCUT2D eigenvalue weighted by atomic mass is 79.9. The van der Waals surface area contributed by atoms with Gasteiger partial charge in [-0.3, -0.25) is 0 Å². The van der Waals surface area contributed by atoms with Gasteiger partial charge in [-0.1, -0.05) is 6.92 Å². The van der Waals surface area contributed by atoms with Crippen molar-refractivity contribution in [1.29, 1.82) is 0 Å². The van der Waals surface area contributed by atoms with Gasteiger partial charge in [-0.05, 0) is 35.1 Å². The Bertz CT molecular complexity index is 466. The molecule has 0 aliphatic heterocycles. The highest BCUT2D eigenvalue weighted by Crippen LogP contribution is 2.28. The lowest BCUT2D eigenvalue weighted by molar-refractivity contribution is 0.553. The van der Waals surface area contributed by atoms with Crippen molar-refractivity contribution in [3.8, 4) is 11.5 Å². The Labute approximate surface area is 107 Å². The molecule has 0 aromatic carbocycles. The third kappa shape index (κ3) is 2.53. The van der Waals surface area contributed by atoms with E-state index >= 15 is 0 Å². The summed E-state index contributed by atoms with van der Waals surface area (Å²) in [5.41, 5.74) is 0.911. The van der Waals surface area contributed by atoms with Crippen molar-refractivity contribution in [3.05, 3.63) is 27.2 Å². The Morgan fingerprint density at radius 3 is 3.00 bits per heavy atom. The van der Waals surface area contributed by atoms with Crippen LogP contribution in [0.5, 0.6) is 0 Å². The van der Waals surface area contributed by atoms with Crippen LogP contribution >= 0.6 is 27.3 Å². The summed E-state index contributed by atoms with van der Waals surface area (Å²) in [6, 6.07) is 3.80. The Hall–Kier alpha value is -0.650. The average Bonchev–Trinajstić information content (AvgIpc) is 2.85. The quantitative estimate of drug-likeness (QED) is 0.939. The van der Waals surface area contributed by atoms with Crippen molar-refractivity contribution < 1.29 is 4.42 Å². The minimum atomic E-state index is 0.433. The summed E-state index contributed by atoms with van der Waals surface area (Å²) >= 11 is 4.96. The van der Waals surface area contributed by atoms with E-state index in [4.69, 9.17) is 4.42 Å². The molecule has 0 radical (unpaired) electrons. The molecule has 1 N–H and O–H groups in total. The fraction of sp³-hybridized carbons (Fsp3) is 0.364. The van der Waals surface area contributed by atoms with Gasteiger partial charge in [0.15, 0.2) is 10.4 Å². The zero-order chi connectivity index (χ0) is 11.5. The van der Waals surface area contributed by atoms with Crippen LogP contribution in [-0.2, 0) is 0 Å². The first-order valence-corrected chi connectivity index (χ1v) is 6.73. The summed E-state index contributed by atoms with van der Waals surface area (Å²) in [6.45, 7) is 3.10. The first-order valence-electron chi connectivity index (χ1n) is 5.06. The normalized spacial score (nSPS) is 12.9. The molecular formula is C11H13BrN2OS. The van der Waals surface area contributed by atoms with Crippen LogP contribution in [0.1, 0.15) is 17.8 Å². The van der Waals surface area contributed by atoms with Gasteiger partial charge >= 0.3 is 0 Å². The number of furan rings is 1. The van der Waals surface area contributed by atoms with Crippen LogP contribution in [0.3, 0.4) is 0 Å². The van der Waals surface area contributed by atoms with Gasteiger partial charge in [0.05, 0.1) is 5.01 Å². The van der Waals surface area contributed by atoms with Gasteiger partial charge in [0.1, 0.15) is 5.69 Å². The molecule has 2 aromatic rings. The smallest absolute Gasteiger partial charge is 0.169 e. The average molecular weight is 301 g/mol. The number of aromatic nitrogens is 1. The molecule has 0 saturated heterocycles. The second-order valence-corrected chi connectivity index (χ2v) is 5.30. The summed E-state index contributed by atoms with van der Waals surface area (Å²) in [6.07, 6.45) is 0. The Morgan fingerprint density at radius 2 is 2.38 bits per heavy atom. The Balaban J connectivity index is 2.19. The van der Waals surface area contributed by atoms with Crippen LogP contribution in [0.4, 0.5) is 0 Å². The molecule has 2 heterocycles. The third-order valence-corrected chi connectivity index (χ3v) is 3.78. The molecule has 3 nitrogen and oxygen atoms in total. The van der Waals surface area contributed by atoms with Crippen molar-refractivity contribution in [2.75, 3.05) is 13.6 Å². The van der Waals surface area contributed by atoms with Crippen molar-refractivity contribution in [1.82, 2.24) is 10.3 Å². The molecule has 0 fully saturated rings. The van der Waals surface area contributed by atoms with Crippen LogP contribution < -0.4 is 5.32 Å². The van der Waals surface area contributed by atoms with Gasteiger partial charge in [-0.2, -0.15) is 0 Å². The van der Waals surface area contributed by atoms with Crippen molar-refractivity contribution >= 4 is 27.3 Å². The molecule has 2 rings (SSSR count). The first-order chi connectivity index (χ1) is 7.70. The second-order valence-electron chi connectivity index (χ2n) is 3.63. The van der Waals surface area contributed by atoms with Crippen molar-refractivity contribution in [2.45, 2.75) is 12.8 Å². The van der Waals surface area contributed by atoms with Gasteiger partial charge in [-0.25, -0.2) is 4.98 Å². The van der Waals surface area contributed by atoms with E-state index in [1.807, 2.05) is 24.6 Å². The summed E-state index contributed by atoms with van der Waals surface area (Å²) in [5, 5.41) is 6.33. The summed E-state index contributed by atoms with van der Waals surface area (Å²) in [4.78, 5) is 4.58. The predicted octanol–water partition coefficient (Wildman–Crippen LogP) is 3.49. The van der Waals surface area contributed by atoms with E-state index in [0.29, 0.717) is 5.92 Å². The Kier molecular flexibility index (Phi) is 3.78. The number of hydrogen-bond donors (Lipinski definition) is 1. The van der Waals surface area contributed by atoms with Crippen LogP contribution in [0, 0.1) is 0 Å². The topological polar surface area (TPSA) is 38.1 Å². The second kappa shape index (κ2) is 5.12. The molecular weight excluding hydrogens is 288 g/mol. The molecule has 16 heavy (non-hydrogen) atoms. The lowest BCUT2D eigenvalue weighted by Gasteiger charge is -2.05. The van der Waals surface area contributed by atoms with Gasteiger partial charge in [0.25, 0.3) is 0 Å². The van der Waals surface area contributed by atoms with Crippen LogP contribution in [0.25, 0.3) is 11.5 Å². The van der Waals surface area contributed by atoms with Gasteiger partial charge in [0, 0.05) is 17.8 Å². The highest BCUT2D eigenvalue weighted by Gasteiger charge is 2.12. The molecule has 0 amide bonds. The molecule has 0 aliphatic carbocycles. The standard InChI is InChI=1S/C11H13BrN2OS/c1-7(5-13-2)11-14-8(6-16-11)9-3-4-10(12)15-9/h3-4,6-7,13H,5H2,1-2H3. The maximum atomic E-state index is 5.47. The van der Waals surface area contributed by atoms with Crippen LogP contribution in [0.15, 0.2) is 26.6 Å². The zero-order valence-corrected chi connectivity index (χ0v) is 11.6. The fourth-order valence-electron chi connectivity index (χ4n) is 1.47. The maximum Gasteiger partial charge on any atom is 0.169 e. The summed E-state index contributed by atoms with van der Waals surface area (Å²) < 4.78 is 6.20. The minimum absolute atomic E-state index is 0.433. The predicted molar refractivity (Wildman–Crippen MR) is 69.9 cm³/mol. The van der Waals surface area contributed by atoms with E-state index < -0.39 is 0 Å². The molecule has 0 spiro atoms. The van der Waals surface area contributed by atoms with Gasteiger partial charge in [0.2, 0.25) is 0 Å². The van der Waals surface area contributed by atoms with Crippen molar-refractivity contribution in [3.63, 3.8) is 0 Å². The number of nitrogens with zero attached hydrogens (tertiary/aromatic N) is 1. The van der Waals surface area contributed by atoms with E-state index in [9.17, 15) is 0 Å². The molecule has 0 aliphatic rings. The van der Waals surface area contributed by atoms with Crippen LogP contribution in [0.2, 0.25) is 0 Å². The lowest BCUT2D eigenvalue weighted by Crippen LogP contribution is -2.14. The Morgan fingerprint density at radius 1 is 1.56 bits per heavy atom. The van der Waals surface area contributed by atoms with E-state index in [1.165, 1.54) is 0 Å².